The van der Waals surface area contributed by atoms with Crippen LogP contribution in [0.15, 0.2) is 46.9 Å². The Kier molecular flexibility index (Phi) is 3.83. The van der Waals surface area contributed by atoms with E-state index >= 15 is 0 Å². The Balaban J connectivity index is 1.82. The Hall–Kier alpha value is -1.74. The molecule has 2 rings (SSSR count). The SMILES string of the molecule is O=C(Cc1ccccc1)NCc1ccc(Cl)o1. The lowest BCUT2D eigenvalue weighted by atomic mass is 10.1. The minimum Gasteiger partial charge on any atom is -0.448 e. The van der Waals surface area contributed by atoms with E-state index in [1.54, 1.807) is 12.1 Å². The monoisotopic (exact) mass is 249 g/mol. The quantitative estimate of drug-likeness (QED) is 0.905. The van der Waals surface area contributed by atoms with Crippen molar-refractivity contribution in [3.8, 4) is 0 Å². The van der Waals surface area contributed by atoms with E-state index in [-0.39, 0.29) is 5.91 Å². The van der Waals surface area contributed by atoms with Crippen molar-refractivity contribution in [2.24, 2.45) is 0 Å². The van der Waals surface area contributed by atoms with Gasteiger partial charge in [0.1, 0.15) is 5.76 Å². The minimum absolute atomic E-state index is 0.0382. The van der Waals surface area contributed by atoms with E-state index in [0.717, 1.165) is 5.56 Å². The van der Waals surface area contributed by atoms with Crippen molar-refractivity contribution in [1.29, 1.82) is 0 Å². The second kappa shape index (κ2) is 5.55. The Morgan fingerprint density at radius 1 is 1.18 bits per heavy atom. The molecule has 0 aliphatic rings. The molecule has 1 aromatic carbocycles. The predicted molar refractivity (Wildman–Crippen MR) is 65.7 cm³/mol. The van der Waals surface area contributed by atoms with Crippen LogP contribution in [0.1, 0.15) is 11.3 Å². The summed E-state index contributed by atoms with van der Waals surface area (Å²) in [6.07, 6.45) is 0.370. The summed E-state index contributed by atoms with van der Waals surface area (Å²) >= 11 is 5.63. The second-order valence-electron chi connectivity index (χ2n) is 3.64. The van der Waals surface area contributed by atoms with Gasteiger partial charge in [0, 0.05) is 0 Å². The molecule has 1 N–H and O–H groups in total. The summed E-state index contributed by atoms with van der Waals surface area (Å²) in [6, 6.07) is 13.0. The van der Waals surface area contributed by atoms with Gasteiger partial charge in [0.25, 0.3) is 0 Å². The molecule has 1 aromatic heterocycles. The molecule has 4 heteroatoms. The molecule has 1 heterocycles. The van der Waals surface area contributed by atoms with Crippen LogP contribution < -0.4 is 5.32 Å². The van der Waals surface area contributed by atoms with E-state index in [4.69, 9.17) is 16.0 Å². The van der Waals surface area contributed by atoms with Crippen LogP contribution in [0.3, 0.4) is 0 Å². The number of nitrogens with one attached hydrogen (secondary N) is 1. The Morgan fingerprint density at radius 2 is 1.94 bits per heavy atom. The summed E-state index contributed by atoms with van der Waals surface area (Å²) in [5.74, 6) is 0.611. The fourth-order valence-electron chi connectivity index (χ4n) is 1.48. The molecule has 0 saturated carbocycles. The molecule has 1 amide bonds. The first kappa shape index (κ1) is 11.7. The molecular formula is C13H12ClNO2. The Morgan fingerprint density at radius 3 is 2.59 bits per heavy atom. The fourth-order valence-corrected chi connectivity index (χ4v) is 1.64. The zero-order valence-corrected chi connectivity index (χ0v) is 9.91. The molecule has 0 aliphatic carbocycles. The van der Waals surface area contributed by atoms with E-state index in [1.165, 1.54) is 0 Å². The third kappa shape index (κ3) is 3.64. The molecule has 0 bridgehead atoms. The summed E-state index contributed by atoms with van der Waals surface area (Å²) in [6.45, 7) is 0.360. The van der Waals surface area contributed by atoms with Gasteiger partial charge in [-0.05, 0) is 29.3 Å². The number of carbonyl (C=O) groups excluding carboxylic acids is 1. The molecular weight excluding hydrogens is 238 g/mol. The number of rotatable bonds is 4. The number of hydrogen-bond acceptors (Lipinski definition) is 2. The average Bonchev–Trinajstić information content (AvgIpc) is 2.74. The third-order valence-electron chi connectivity index (χ3n) is 2.30. The summed E-state index contributed by atoms with van der Waals surface area (Å²) in [5.41, 5.74) is 0.988. The maximum Gasteiger partial charge on any atom is 0.224 e. The zero-order chi connectivity index (χ0) is 12.1. The van der Waals surface area contributed by atoms with Gasteiger partial charge >= 0.3 is 0 Å². The lowest BCUT2D eigenvalue weighted by Gasteiger charge is -2.03. The highest BCUT2D eigenvalue weighted by Gasteiger charge is 2.04. The van der Waals surface area contributed by atoms with Gasteiger partial charge in [-0.15, -0.1) is 0 Å². The first-order valence-corrected chi connectivity index (χ1v) is 5.66. The Bertz CT molecular complexity index is 493. The van der Waals surface area contributed by atoms with Gasteiger partial charge in [-0.3, -0.25) is 4.79 Å². The summed E-state index contributed by atoms with van der Waals surface area (Å²) in [4.78, 5) is 11.6. The topological polar surface area (TPSA) is 42.2 Å². The Labute approximate surface area is 104 Å². The maximum atomic E-state index is 11.6. The molecule has 0 atom stereocenters. The van der Waals surface area contributed by atoms with Gasteiger partial charge in [-0.2, -0.15) is 0 Å². The van der Waals surface area contributed by atoms with E-state index in [1.807, 2.05) is 30.3 Å². The van der Waals surface area contributed by atoms with Crippen LogP contribution in [0.5, 0.6) is 0 Å². The van der Waals surface area contributed by atoms with Crippen molar-refractivity contribution in [2.75, 3.05) is 0 Å². The lowest BCUT2D eigenvalue weighted by Crippen LogP contribution is -2.24. The second-order valence-corrected chi connectivity index (χ2v) is 4.02. The van der Waals surface area contributed by atoms with Crippen LogP contribution in [-0.4, -0.2) is 5.91 Å². The van der Waals surface area contributed by atoms with E-state index in [2.05, 4.69) is 5.32 Å². The predicted octanol–water partition coefficient (Wildman–Crippen LogP) is 2.79. The molecule has 0 unspecified atom stereocenters. The molecule has 17 heavy (non-hydrogen) atoms. The van der Waals surface area contributed by atoms with Crippen LogP contribution in [0.25, 0.3) is 0 Å². The molecule has 0 radical (unpaired) electrons. The van der Waals surface area contributed by atoms with E-state index in [0.29, 0.717) is 23.9 Å². The number of hydrogen-bond donors (Lipinski definition) is 1. The fraction of sp³-hybridized carbons (Fsp3) is 0.154. The maximum absolute atomic E-state index is 11.6. The van der Waals surface area contributed by atoms with E-state index in [9.17, 15) is 4.79 Å². The largest absolute Gasteiger partial charge is 0.448 e. The van der Waals surface area contributed by atoms with Crippen LogP contribution in [0, 0.1) is 0 Å². The van der Waals surface area contributed by atoms with Gasteiger partial charge in [0.2, 0.25) is 5.91 Å². The summed E-state index contributed by atoms with van der Waals surface area (Å²) in [5, 5.41) is 3.10. The highest BCUT2D eigenvalue weighted by atomic mass is 35.5. The molecule has 0 aliphatic heterocycles. The first-order valence-electron chi connectivity index (χ1n) is 5.29. The van der Waals surface area contributed by atoms with Crippen molar-refractivity contribution in [1.82, 2.24) is 5.32 Å². The van der Waals surface area contributed by atoms with Crippen LogP contribution in [0.4, 0.5) is 0 Å². The van der Waals surface area contributed by atoms with Crippen molar-refractivity contribution < 1.29 is 9.21 Å². The number of carbonyl (C=O) groups is 1. The van der Waals surface area contributed by atoms with Gasteiger partial charge in [-0.1, -0.05) is 30.3 Å². The number of halogens is 1. The van der Waals surface area contributed by atoms with Gasteiger partial charge in [-0.25, -0.2) is 0 Å². The normalized spacial score (nSPS) is 10.2. The summed E-state index contributed by atoms with van der Waals surface area (Å²) < 4.78 is 5.13. The third-order valence-corrected chi connectivity index (χ3v) is 2.50. The average molecular weight is 250 g/mol. The molecule has 88 valence electrons. The number of furan rings is 1. The first-order chi connectivity index (χ1) is 8.24. The van der Waals surface area contributed by atoms with Gasteiger partial charge in [0.05, 0.1) is 13.0 Å². The van der Waals surface area contributed by atoms with Crippen LogP contribution in [0.2, 0.25) is 5.22 Å². The molecule has 0 spiro atoms. The highest BCUT2D eigenvalue weighted by molar-refractivity contribution is 6.28. The standard InChI is InChI=1S/C13H12ClNO2/c14-12-7-6-11(17-12)9-15-13(16)8-10-4-2-1-3-5-10/h1-7H,8-9H2,(H,15,16). The van der Waals surface area contributed by atoms with Crippen molar-refractivity contribution in [3.05, 3.63) is 59.0 Å². The van der Waals surface area contributed by atoms with Gasteiger partial charge < -0.3 is 9.73 Å². The van der Waals surface area contributed by atoms with E-state index < -0.39 is 0 Å². The van der Waals surface area contributed by atoms with Crippen LogP contribution in [-0.2, 0) is 17.8 Å². The smallest absolute Gasteiger partial charge is 0.224 e. The lowest BCUT2D eigenvalue weighted by molar-refractivity contribution is -0.120. The van der Waals surface area contributed by atoms with Crippen molar-refractivity contribution in [3.63, 3.8) is 0 Å². The minimum atomic E-state index is -0.0382. The zero-order valence-electron chi connectivity index (χ0n) is 9.15. The molecule has 2 aromatic rings. The molecule has 3 nitrogen and oxygen atoms in total. The highest BCUT2D eigenvalue weighted by Crippen LogP contribution is 2.12. The number of amides is 1. The summed E-state index contributed by atoms with van der Waals surface area (Å²) in [7, 11) is 0. The van der Waals surface area contributed by atoms with Crippen LogP contribution >= 0.6 is 11.6 Å². The molecule has 0 saturated heterocycles. The van der Waals surface area contributed by atoms with Gasteiger partial charge in [0.15, 0.2) is 5.22 Å². The van der Waals surface area contributed by atoms with Crippen molar-refractivity contribution in [2.45, 2.75) is 13.0 Å². The number of benzene rings is 1. The van der Waals surface area contributed by atoms with Crippen molar-refractivity contribution >= 4 is 17.5 Å². The molecule has 0 fully saturated rings.